The molecule has 0 aromatic carbocycles. The topological polar surface area (TPSA) is 404 Å². The number of aromatic nitrogens is 12. The van der Waals surface area contributed by atoms with E-state index in [1.54, 1.807) is 0 Å². The molecule has 35 heteroatoms. The van der Waals surface area contributed by atoms with Crippen molar-refractivity contribution in [3.05, 3.63) is 38.0 Å². The summed E-state index contributed by atoms with van der Waals surface area (Å²) in [5.74, 6) is 0.274. The lowest BCUT2D eigenvalue weighted by atomic mass is 10.1. The smallest absolute Gasteiger partial charge is 0.325 e. The van der Waals surface area contributed by atoms with Gasteiger partial charge in [0.1, 0.15) is 66.1 Å². The van der Waals surface area contributed by atoms with Crippen LogP contribution in [0.4, 0.5) is 17.5 Å². The highest BCUT2D eigenvalue weighted by Crippen LogP contribution is 2.53. The molecule has 0 amide bonds. The second-order valence-electron chi connectivity index (χ2n) is 14.7. The monoisotopic (exact) mass is 1020 g/mol. The maximum absolute atomic E-state index is 11.4. The number of rotatable bonds is 16. The molecule has 6 aromatic rings. The van der Waals surface area contributed by atoms with Crippen LogP contribution in [0.3, 0.4) is 0 Å². The molecule has 3 aliphatic heterocycles. The minimum atomic E-state index is -4.23. The lowest BCUT2D eigenvalue weighted by Crippen LogP contribution is -2.33. The molecule has 0 saturated carbocycles. The van der Waals surface area contributed by atoms with Crippen LogP contribution in [0.25, 0.3) is 33.5 Å². The van der Waals surface area contributed by atoms with Gasteiger partial charge in [-0.15, -0.1) is 0 Å². The zero-order valence-corrected chi connectivity index (χ0v) is 38.0. The van der Waals surface area contributed by atoms with Crippen LogP contribution in [0.15, 0.2) is 38.0 Å². The highest BCUT2D eigenvalue weighted by molar-refractivity contribution is 8.07. The minimum absolute atomic E-state index is 0.00728. The van der Waals surface area contributed by atoms with Gasteiger partial charge in [-0.3, -0.25) is 13.7 Å². The van der Waals surface area contributed by atoms with Gasteiger partial charge in [-0.1, -0.05) is 0 Å². The number of nitrogen functional groups attached to an aromatic ring is 3. The van der Waals surface area contributed by atoms with E-state index in [1.807, 2.05) is 0 Å². The van der Waals surface area contributed by atoms with Crippen molar-refractivity contribution in [2.75, 3.05) is 37.0 Å². The zero-order valence-electron chi connectivity index (χ0n) is 32.9. The Hall–Kier alpha value is -3.56. The Morgan fingerprint density at radius 1 is 0.554 bits per heavy atom. The van der Waals surface area contributed by atoms with Gasteiger partial charge >= 0.3 is 20.2 Å². The second-order valence-corrected chi connectivity index (χ2v) is 22.9. The quantitative estimate of drug-likeness (QED) is 0.0520. The first-order valence-electron chi connectivity index (χ1n) is 19.0. The number of anilines is 3. The number of aliphatic hydroxyl groups is 2. The Bertz CT molecular complexity index is 2880. The van der Waals surface area contributed by atoms with Gasteiger partial charge in [0.25, 0.3) is 0 Å². The zero-order chi connectivity index (χ0) is 46.0. The van der Waals surface area contributed by atoms with Crippen molar-refractivity contribution in [3.63, 3.8) is 0 Å². The van der Waals surface area contributed by atoms with E-state index in [0.717, 1.165) is 0 Å². The highest BCUT2D eigenvalue weighted by Gasteiger charge is 2.47. The van der Waals surface area contributed by atoms with Gasteiger partial charge in [0.2, 0.25) is 0 Å². The average Bonchev–Trinajstić information content (AvgIpc) is 4.11. The van der Waals surface area contributed by atoms with Crippen LogP contribution in [-0.2, 0) is 72.2 Å². The number of imidazole rings is 3. The number of fused-ring (bicyclic) bond motifs is 3. The van der Waals surface area contributed by atoms with Crippen molar-refractivity contribution in [2.24, 2.45) is 0 Å². The molecule has 9 rings (SSSR count). The molecule has 12 atom stereocenters. The van der Waals surface area contributed by atoms with Gasteiger partial charge in [0, 0.05) is 12.8 Å². The highest BCUT2D eigenvalue weighted by atomic mass is 32.5. The predicted molar refractivity (Wildman–Crippen MR) is 232 cm³/mol. The first-order valence-corrected chi connectivity index (χ1v) is 26.8. The summed E-state index contributed by atoms with van der Waals surface area (Å²) < 4.78 is 51.3. The fraction of sp³-hybridized carbons (Fsp3) is 0.500. The molecule has 0 bridgehead atoms. The Morgan fingerprint density at radius 3 is 1.38 bits per heavy atom. The van der Waals surface area contributed by atoms with Crippen molar-refractivity contribution < 1.29 is 66.6 Å². The molecule has 12 N–H and O–H groups in total. The van der Waals surface area contributed by atoms with Gasteiger partial charge in [0.05, 0.1) is 51.0 Å². The van der Waals surface area contributed by atoms with Gasteiger partial charge < -0.3 is 83.8 Å². The standard InChI is InChI=1S/C30H38N15O14P3S3/c31-22-17-25(37-6-34-22)43(9-40-17)28-14(1-12(55-28)3-52-60(48,49)63)58-61(50,64)53-4-13-2-15(29(56-13)44-10-41-18-23(32)35-7-38-26(18)44)59-62(51,65)54-5-16-20(46)21(47)30(57-16)45-11-42-19-24(33)36-8-39-27(19)45/h6-16,20-21,28-30,46-47H,1-5H2,(H,50,64)(H,51,65)(H2,31,34,37)(H2,32,35,38)(H2,33,36,39)(H2,48,49,63)/t12-,13-,14+,15+,16+,20+,21+,28+,29+,30+,61?,62?/m0/s1. The molecule has 350 valence electrons. The van der Waals surface area contributed by atoms with Crippen molar-refractivity contribution in [1.82, 2.24) is 58.6 Å². The van der Waals surface area contributed by atoms with E-state index in [-0.39, 0.29) is 77.0 Å². The number of nitrogens with zero attached hydrogens (tertiary/aromatic N) is 12. The lowest BCUT2D eigenvalue weighted by molar-refractivity contribution is -0.0584. The van der Waals surface area contributed by atoms with Crippen LogP contribution in [0, 0.1) is 0 Å². The average molecular weight is 1020 g/mol. The van der Waals surface area contributed by atoms with E-state index in [4.69, 9.17) is 77.6 Å². The van der Waals surface area contributed by atoms with Gasteiger partial charge in [-0.2, -0.15) is 0 Å². The minimum Gasteiger partial charge on any atom is -0.387 e. The van der Waals surface area contributed by atoms with Gasteiger partial charge in [-0.05, 0) is 35.4 Å². The summed E-state index contributed by atoms with van der Waals surface area (Å²) in [5.41, 5.74) is 19.4. The molecule has 3 aliphatic rings. The Morgan fingerprint density at radius 2 is 0.954 bits per heavy atom. The number of hydrogen-bond acceptors (Lipinski definition) is 25. The fourth-order valence-electron chi connectivity index (χ4n) is 7.52. The second kappa shape index (κ2) is 18.2. The van der Waals surface area contributed by atoms with Crippen LogP contribution in [0.5, 0.6) is 0 Å². The largest absolute Gasteiger partial charge is 0.387 e. The molecule has 0 radical (unpaired) electrons. The van der Waals surface area contributed by atoms with E-state index in [9.17, 15) is 29.8 Å². The van der Waals surface area contributed by atoms with Crippen molar-refractivity contribution in [1.29, 1.82) is 0 Å². The molecule has 6 aromatic heterocycles. The summed E-state index contributed by atoms with van der Waals surface area (Å²) in [6.45, 7) is -13.7. The number of ether oxygens (including phenoxy) is 3. The Labute approximate surface area is 379 Å². The molecule has 65 heavy (non-hydrogen) atoms. The molecular formula is C30H38N15O14P3S3. The van der Waals surface area contributed by atoms with E-state index in [2.05, 4.69) is 56.7 Å². The Balaban J connectivity index is 0.891. The molecule has 29 nitrogen and oxygen atoms in total. The molecule has 2 unspecified atom stereocenters. The first kappa shape index (κ1) is 46.5. The lowest BCUT2D eigenvalue weighted by Gasteiger charge is -2.25. The van der Waals surface area contributed by atoms with E-state index in [0.29, 0.717) is 0 Å². The summed E-state index contributed by atoms with van der Waals surface area (Å²) in [5, 5.41) is 21.8. The number of nitrogens with two attached hydrogens (primary N) is 3. The maximum atomic E-state index is 11.4. The summed E-state index contributed by atoms with van der Waals surface area (Å²) >= 11 is 15.5. The summed E-state index contributed by atoms with van der Waals surface area (Å²) in [7, 11) is 0. The third-order valence-electron chi connectivity index (χ3n) is 10.4. The molecule has 0 aliphatic carbocycles. The van der Waals surface area contributed by atoms with E-state index < -0.39 is 88.2 Å². The Kier molecular flexibility index (Phi) is 13.0. The van der Waals surface area contributed by atoms with Crippen LogP contribution in [-0.4, -0.2) is 151 Å². The summed E-state index contributed by atoms with van der Waals surface area (Å²) in [6.07, 6.45) is -3.74. The van der Waals surface area contributed by atoms with Crippen molar-refractivity contribution in [3.8, 4) is 0 Å². The van der Waals surface area contributed by atoms with Crippen LogP contribution in [0.2, 0.25) is 0 Å². The van der Waals surface area contributed by atoms with Gasteiger partial charge in [0.15, 0.2) is 53.1 Å². The number of hydrogen-bond donors (Lipinski definition) is 9. The fourth-order valence-corrected chi connectivity index (χ4v) is 11.0. The van der Waals surface area contributed by atoms with Gasteiger partial charge in [-0.25, -0.2) is 44.9 Å². The van der Waals surface area contributed by atoms with E-state index in [1.165, 1.54) is 51.7 Å². The SMILES string of the molecule is Nc1ncnc2c1ncn2[C@@H]1O[C@H](COP(O)(=S)O[C@@H]2C[C@@H](COP(O)(=S)O[C@@H]3C[C@@H](COP(O)(O)=S)O[C@H]3n3cnc4c(N)ncnc43)O[C@H]2n2cnc3c(N)ncnc32)[C@@H](O)[C@H]1O. The molecule has 3 saturated heterocycles. The maximum Gasteiger partial charge on any atom is 0.325 e. The normalized spacial score (nSPS) is 29.3. The first-order chi connectivity index (χ1) is 30.8. The predicted octanol–water partition coefficient (Wildman–Crippen LogP) is -1.09. The molecule has 9 heterocycles. The number of aliphatic hydroxyl groups excluding tert-OH is 2. The van der Waals surface area contributed by atoms with Crippen LogP contribution >= 0.6 is 20.2 Å². The molecule has 3 fully saturated rings. The third kappa shape index (κ3) is 9.76. The molecule has 0 spiro atoms. The van der Waals surface area contributed by atoms with Crippen LogP contribution < -0.4 is 17.2 Å². The summed E-state index contributed by atoms with van der Waals surface area (Å²) in [4.78, 5) is 79.4. The third-order valence-corrected chi connectivity index (χ3v) is 14.4. The van der Waals surface area contributed by atoms with Crippen molar-refractivity contribution >= 4 is 107 Å². The van der Waals surface area contributed by atoms with Crippen molar-refractivity contribution in [2.45, 2.75) is 74.3 Å². The van der Waals surface area contributed by atoms with Crippen LogP contribution in [0.1, 0.15) is 31.5 Å². The van der Waals surface area contributed by atoms with E-state index >= 15 is 0 Å². The summed E-state index contributed by atoms with van der Waals surface area (Å²) in [6, 6.07) is 0. The molecular weight excluding hydrogens is 984 g/mol.